The molecular weight excluding hydrogens is 270 g/mol. The fourth-order valence-corrected chi connectivity index (χ4v) is 1.92. The largest absolute Gasteiger partial charge is 0.462 e. The summed E-state index contributed by atoms with van der Waals surface area (Å²) >= 11 is 0. The number of hydrogen-bond donors (Lipinski definition) is 3. The Hall–Kier alpha value is -1.74. The maximum Gasteiger partial charge on any atom is 0.273 e. The van der Waals surface area contributed by atoms with Crippen molar-refractivity contribution in [1.29, 1.82) is 0 Å². The van der Waals surface area contributed by atoms with E-state index in [1.54, 1.807) is 0 Å². The van der Waals surface area contributed by atoms with Crippen LogP contribution in [-0.2, 0) is 4.74 Å². The Kier molecular flexibility index (Phi) is 4.19. The van der Waals surface area contributed by atoms with Crippen molar-refractivity contribution in [3.63, 3.8) is 0 Å². The van der Waals surface area contributed by atoms with Crippen LogP contribution in [0.15, 0.2) is 24.3 Å². The number of nitro groups is 1. The molecule has 1 aromatic carbocycles. The highest BCUT2D eigenvalue weighted by Gasteiger charge is 2.43. The van der Waals surface area contributed by atoms with Crippen LogP contribution < -0.4 is 4.74 Å². The highest BCUT2D eigenvalue weighted by atomic mass is 16.7. The summed E-state index contributed by atoms with van der Waals surface area (Å²) in [7, 11) is 0. The maximum absolute atomic E-state index is 10.7. The minimum absolute atomic E-state index is 0.124. The number of ether oxygens (including phenoxy) is 2. The number of rotatable bonds is 3. The number of aliphatic hydroxyl groups is 3. The quantitative estimate of drug-likeness (QED) is 0.519. The lowest BCUT2D eigenvalue weighted by molar-refractivity contribution is -0.385. The zero-order chi connectivity index (χ0) is 14.9. The first-order valence-corrected chi connectivity index (χ1v) is 6.01. The summed E-state index contributed by atoms with van der Waals surface area (Å²) < 4.78 is 10.5. The van der Waals surface area contributed by atoms with Crippen LogP contribution in [0.2, 0.25) is 0 Å². The normalized spacial score (nSPS) is 33.7. The van der Waals surface area contributed by atoms with E-state index in [4.69, 9.17) is 9.47 Å². The van der Waals surface area contributed by atoms with Crippen molar-refractivity contribution in [3.05, 3.63) is 34.4 Å². The van der Waals surface area contributed by atoms with E-state index >= 15 is 0 Å². The van der Waals surface area contributed by atoms with Crippen LogP contribution in [0, 0.1) is 10.1 Å². The molecule has 8 nitrogen and oxygen atoms in total. The van der Waals surface area contributed by atoms with Gasteiger partial charge in [0.1, 0.15) is 24.1 Å². The number of nitrogens with zero attached hydrogens (tertiary/aromatic N) is 1. The van der Waals surface area contributed by atoms with Crippen molar-refractivity contribution in [1.82, 2.24) is 0 Å². The molecule has 0 radical (unpaired) electrons. The van der Waals surface area contributed by atoms with Gasteiger partial charge in [-0.05, 0) is 13.0 Å². The zero-order valence-electron chi connectivity index (χ0n) is 10.6. The Morgan fingerprint density at radius 1 is 1.25 bits per heavy atom. The molecule has 0 aliphatic carbocycles. The Balaban J connectivity index is 2.13. The predicted octanol–water partition coefficient (Wildman–Crippen LogP) is -0.199. The molecule has 1 saturated heterocycles. The van der Waals surface area contributed by atoms with Gasteiger partial charge in [0.15, 0.2) is 0 Å². The van der Waals surface area contributed by atoms with Crippen LogP contribution in [0.25, 0.3) is 0 Å². The van der Waals surface area contributed by atoms with Gasteiger partial charge in [-0.15, -0.1) is 0 Å². The summed E-state index contributed by atoms with van der Waals surface area (Å²) in [6, 6.07) is 5.37. The molecule has 1 aliphatic heterocycles. The van der Waals surface area contributed by atoms with Gasteiger partial charge in [0.05, 0.1) is 17.1 Å². The van der Waals surface area contributed by atoms with E-state index in [0.717, 1.165) is 0 Å². The first-order valence-electron chi connectivity index (χ1n) is 6.01. The van der Waals surface area contributed by atoms with Crippen molar-refractivity contribution in [2.24, 2.45) is 0 Å². The molecule has 1 aromatic rings. The molecule has 0 bridgehead atoms. The Labute approximate surface area is 114 Å². The van der Waals surface area contributed by atoms with E-state index in [9.17, 15) is 25.4 Å². The van der Waals surface area contributed by atoms with Gasteiger partial charge in [-0.2, -0.15) is 0 Å². The molecule has 0 aromatic heterocycles. The highest BCUT2D eigenvalue weighted by Crippen LogP contribution is 2.26. The van der Waals surface area contributed by atoms with E-state index < -0.39 is 35.6 Å². The van der Waals surface area contributed by atoms with Gasteiger partial charge in [-0.1, -0.05) is 6.07 Å². The van der Waals surface area contributed by atoms with Crippen molar-refractivity contribution in [3.8, 4) is 5.75 Å². The van der Waals surface area contributed by atoms with Gasteiger partial charge in [-0.25, -0.2) is 0 Å². The summed E-state index contributed by atoms with van der Waals surface area (Å²) in [6.45, 7) is 1.52. The SMILES string of the molecule is C[C@H]1O[C@@H](Oc2cccc([N+](=O)[O-])c2)[C@H](O)[C@@H](O)[C@H]1O. The van der Waals surface area contributed by atoms with E-state index in [2.05, 4.69) is 0 Å². The lowest BCUT2D eigenvalue weighted by Crippen LogP contribution is -2.58. The molecule has 0 saturated carbocycles. The molecule has 1 fully saturated rings. The number of nitro benzene ring substituents is 1. The average molecular weight is 285 g/mol. The molecule has 3 N–H and O–H groups in total. The Morgan fingerprint density at radius 2 is 1.95 bits per heavy atom. The van der Waals surface area contributed by atoms with Gasteiger partial charge in [0.25, 0.3) is 5.69 Å². The van der Waals surface area contributed by atoms with Crippen molar-refractivity contribution >= 4 is 5.69 Å². The van der Waals surface area contributed by atoms with E-state index in [1.165, 1.54) is 31.2 Å². The number of benzene rings is 1. The summed E-state index contributed by atoms with van der Waals surface area (Å²) in [6.07, 6.45) is -6.06. The molecule has 20 heavy (non-hydrogen) atoms. The van der Waals surface area contributed by atoms with Crippen molar-refractivity contribution in [2.75, 3.05) is 0 Å². The number of aliphatic hydroxyl groups excluding tert-OH is 3. The van der Waals surface area contributed by atoms with Gasteiger partial charge in [0.2, 0.25) is 6.29 Å². The van der Waals surface area contributed by atoms with Gasteiger partial charge in [-0.3, -0.25) is 10.1 Å². The van der Waals surface area contributed by atoms with Crippen molar-refractivity contribution < 1.29 is 29.7 Å². The predicted molar refractivity (Wildman–Crippen MR) is 66.1 cm³/mol. The molecular formula is C12H15NO7. The first-order chi connectivity index (χ1) is 9.40. The molecule has 1 aliphatic rings. The lowest BCUT2D eigenvalue weighted by Gasteiger charge is -2.38. The van der Waals surface area contributed by atoms with Crippen LogP contribution in [0.1, 0.15) is 6.92 Å². The Bertz CT molecular complexity index is 494. The van der Waals surface area contributed by atoms with E-state index in [-0.39, 0.29) is 11.4 Å². The summed E-state index contributed by atoms with van der Waals surface area (Å²) in [5.74, 6) is 0.124. The van der Waals surface area contributed by atoms with Gasteiger partial charge in [0, 0.05) is 6.07 Å². The smallest absolute Gasteiger partial charge is 0.273 e. The molecule has 0 spiro atoms. The summed E-state index contributed by atoms with van der Waals surface area (Å²) in [4.78, 5) is 10.1. The summed E-state index contributed by atoms with van der Waals surface area (Å²) in [5.41, 5.74) is -0.165. The van der Waals surface area contributed by atoms with E-state index in [0.29, 0.717) is 0 Å². The topological polar surface area (TPSA) is 122 Å². The molecule has 2 rings (SSSR count). The molecule has 110 valence electrons. The number of hydrogen-bond acceptors (Lipinski definition) is 7. The standard InChI is InChI=1S/C12H15NO7/c1-6-9(14)10(15)11(16)12(19-6)20-8-4-2-3-7(5-8)13(17)18/h2-6,9-12,14-16H,1H3/t6-,9+,10+,11-,12+/m1/s1. The van der Waals surface area contributed by atoms with Crippen LogP contribution >= 0.6 is 0 Å². The van der Waals surface area contributed by atoms with Crippen LogP contribution in [0.5, 0.6) is 5.75 Å². The molecule has 0 amide bonds. The minimum Gasteiger partial charge on any atom is -0.462 e. The molecule has 1 heterocycles. The van der Waals surface area contributed by atoms with Gasteiger partial charge >= 0.3 is 0 Å². The van der Waals surface area contributed by atoms with Crippen LogP contribution in [0.4, 0.5) is 5.69 Å². The second-order valence-corrected chi connectivity index (χ2v) is 4.55. The summed E-state index contributed by atoms with van der Waals surface area (Å²) in [5, 5.41) is 39.6. The third kappa shape index (κ3) is 2.88. The highest BCUT2D eigenvalue weighted by molar-refractivity contribution is 5.38. The zero-order valence-corrected chi connectivity index (χ0v) is 10.6. The second-order valence-electron chi connectivity index (χ2n) is 4.55. The Morgan fingerprint density at radius 3 is 2.60 bits per heavy atom. The van der Waals surface area contributed by atoms with Crippen molar-refractivity contribution in [2.45, 2.75) is 37.6 Å². The first kappa shape index (κ1) is 14.7. The molecule has 5 atom stereocenters. The van der Waals surface area contributed by atoms with Crippen LogP contribution in [-0.4, -0.2) is 50.9 Å². The fourth-order valence-electron chi connectivity index (χ4n) is 1.92. The average Bonchev–Trinajstić information content (AvgIpc) is 2.42. The minimum atomic E-state index is -1.46. The monoisotopic (exact) mass is 285 g/mol. The fraction of sp³-hybridized carbons (Fsp3) is 0.500. The maximum atomic E-state index is 10.7. The van der Waals surface area contributed by atoms with Crippen LogP contribution in [0.3, 0.4) is 0 Å². The van der Waals surface area contributed by atoms with E-state index in [1.807, 2.05) is 0 Å². The lowest BCUT2D eigenvalue weighted by atomic mass is 10.00. The number of non-ortho nitro benzene ring substituents is 1. The molecule has 0 unspecified atom stereocenters. The second kappa shape index (κ2) is 5.71. The van der Waals surface area contributed by atoms with Gasteiger partial charge < -0.3 is 24.8 Å². The third-order valence-electron chi connectivity index (χ3n) is 3.09. The molecule has 8 heteroatoms. The third-order valence-corrected chi connectivity index (χ3v) is 3.09.